The predicted octanol–water partition coefficient (Wildman–Crippen LogP) is 3.53. The van der Waals surface area contributed by atoms with E-state index < -0.39 is 11.4 Å². The smallest absolute Gasteiger partial charge is 0.320 e. The number of ketones is 1. The maximum Gasteiger partial charge on any atom is 0.320 e. The van der Waals surface area contributed by atoms with Gasteiger partial charge in [0.25, 0.3) is 0 Å². The van der Waals surface area contributed by atoms with E-state index in [1.165, 1.54) is 0 Å². The number of Topliss-reactive ketones (excluding diaryl/α,β-unsaturated/α-hetero) is 1. The zero-order valence-electron chi connectivity index (χ0n) is 13.5. The van der Waals surface area contributed by atoms with E-state index in [-0.39, 0.29) is 12.4 Å². The average Bonchev–Trinajstić information content (AvgIpc) is 2.96. The number of fused-ring (bicyclic) bond motifs is 1. The highest BCUT2D eigenvalue weighted by Crippen LogP contribution is 2.40. The number of aryl methyl sites for hydroxylation is 1. The van der Waals surface area contributed by atoms with E-state index >= 15 is 0 Å². The number of hydrogen-bond donors (Lipinski definition) is 0. The molecule has 0 unspecified atom stereocenters. The summed E-state index contributed by atoms with van der Waals surface area (Å²) < 4.78 is 5.27. The predicted molar refractivity (Wildman–Crippen MR) is 88.4 cm³/mol. The molecule has 0 amide bonds. The zero-order valence-corrected chi connectivity index (χ0v) is 13.5. The fourth-order valence-electron chi connectivity index (χ4n) is 3.26. The quantitative estimate of drug-likeness (QED) is 0.493. The molecule has 0 N–H and O–H groups in total. The van der Waals surface area contributed by atoms with Crippen molar-refractivity contribution >= 4 is 11.8 Å². The average molecular weight is 308 g/mol. The second-order valence-electron chi connectivity index (χ2n) is 6.12. The summed E-state index contributed by atoms with van der Waals surface area (Å²) in [5.74, 6) is -0.561. The molecule has 1 aliphatic carbocycles. The third-order valence-electron chi connectivity index (χ3n) is 4.52. The van der Waals surface area contributed by atoms with Gasteiger partial charge < -0.3 is 4.74 Å². The first kappa shape index (κ1) is 15.5. The number of carbonyl (C=O) groups excluding carboxylic acids is 2. The molecule has 2 aromatic carbocycles. The highest BCUT2D eigenvalue weighted by molar-refractivity contribution is 6.13. The summed E-state index contributed by atoms with van der Waals surface area (Å²) in [6.45, 7) is 4.02. The second-order valence-corrected chi connectivity index (χ2v) is 6.12. The van der Waals surface area contributed by atoms with E-state index in [1.807, 2.05) is 43.3 Å². The number of esters is 1. The maximum atomic E-state index is 13.2. The van der Waals surface area contributed by atoms with E-state index in [0.29, 0.717) is 18.4 Å². The van der Waals surface area contributed by atoms with Crippen LogP contribution in [0.2, 0.25) is 0 Å². The van der Waals surface area contributed by atoms with Gasteiger partial charge in [0.1, 0.15) is 5.41 Å². The van der Waals surface area contributed by atoms with Crippen LogP contribution in [-0.2, 0) is 22.4 Å². The van der Waals surface area contributed by atoms with Crippen molar-refractivity contribution in [3.8, 4) is 0 Å². The largest absolute Gasteiger partial charge is 0.465 e. The molecule has 0 saturated carbocycles. The lowest BCUT2D eigenvalue weighted by molar-refractivity contribution is -0.151. The number of carbonyl (C=O) groups is 2. The van der Waals surface area contributed by atoms with Gasteiger partial charge in [-0.2, -0.15) is 0 Å². The van der Waals surface area contributed by atoms with Crippen LogP contribution in [0.3, 0.4) is 0 Å². The third-order valence-corrected chi connectivity index (χ3v) is 4.52. The van der Waals surface area contributed by atoms with Gasteiger partial charge in [0.05, 0.1) is 6.61 Å². The van der Waals surface area contributed by atoms with Crippen molar-refractivity contribution < 1.29 is 14.3 Å². The fraction of sp³-hybridized carbons (Fsp3) is 0.300. The fourth-order valence-corrected chi connectivity index (χ4v) is 3.26. The van der Waals surface area contributed by atoms with Gasteiger partial charge in [-0.1, -0.05) is 54.1 Å². The molecule has 118 valence electrons. The van der Waals surface area contributed by atoms with Crippen molar-refractivity contribution in [2.24, 2.45) is 5.41 Å². The van der Waals surface area contributed by atoms with Gasteiger partial charge in [-0.05, 0) is 37.8 Å². The van der Waals surface area contributed by atoms with Crippen molar-refractivity contribution in [2.75, 3.05) is 6.61 Å². The molecule has 3 nitrogen and oxygen atoms in total. The van der Waals surface area contributed by atoms with Crippen LogP contribution in [0.4, 0.5) is 0 Å². The van der Waals surface area contributed by atoms with E-state index in [0.717, 1.165) is 16.7 Å². The van der Waals surface area contributed by atoms with Gasteiger partial charge >= 0.3 is 5.97 Å². The Labute approximate surface area is 136 Å². The lowest BCUT2D eigenvalue weighted by Crippen LogP contribution is -2.41. The lowest BCUT2D eigenvalue weighted by Gasteiger charge is -2.25. The van der Waals surface area contributed by atoms with Gasteiger partial charge in [0.2, 0.25) is 0 Å². The van der Waals surface area contributed by atoms with Gasteiger partial charge in [-0.3, -0.25) is 9.59 Å². The molecule has 1 aliphatic rings. The zero-order chi connectivity index (χ0) is 16.4. The first-order chi connectivity index (χ1) is 11.1. The maximum absolute atomic E-state index is 13.2. The Morgan fingerprint density at radius 2 is 1.57 bits per heavy atom. The molecule has 2 aromatic rings. The van der Waals surface area contributed by atoms with Crippen LogP contribution in [0.5, 0.6) is 0 Å². The molecule has 0 saturated heterocycles. The number of ether oxygens (including phenoxy) is 1. The van der Waals surface area contributed by atoms with Crippen LogP contribution in [0.15, 0.2) is 48.5 Å². The Kier molecular flexibility index (Phi) is 4.03. The van der Waals surface area contributed by atoms with Crippen LogP contribution < -0.4 is 0 Å². The minimum Gasteiger partial charge on any atom is -0.465 e. The molecule has 0 radical (unpaired) electrons. The van der Waals surface area contributed by atoms with Crippen LogP contribution in [0, 0.1) is 12.3 Å². The molecule has 0 aromatic heterocycles. The number of hydrogen-bond acceptors (Lipinski definition) is 3. The minimum atomic E-state index is -1.13. The summed E-state index contributed by atoms with van der Waals surface area (Å²) in [5, 5.41) is 0. The summed E-state index contributed by atoms with van der Waals surface area (Å²) in [6, 6.07) is 15.2. The van der Waals surface area contributed by atoms with E-state index in [2.05, 4.69) is 0 Å². The van der Waals surface area contributed by atoms with E-state index in [1.54, 1.807) is 19.1 Å². The Balaban J connectivity index is 2.02. The van der Waals surface area contributed by atoms with Crippen molar-refractivity contribution in [3.63, 3.8) is 0 Å². The van der Waals surface area contributed by atoms with E-state index in [4.69, 9.17) is 4.74 Å². The van der Waals surface area contributed by atoms with Crippen LogP contribution >= 0.6 is 0 Å². The molecule has 0 bridgehead atoms. The summed E-state index contributed by atoms with van der Waals surface area (Å²) in [7, 11) is 0. The first-order valence-corrected chi connectivity index (χ1v) is 7.92. The van der Waals surface area contributed by atoms with Gasteiger partial charge in [0, 0.05) is 5.56 Å². The van der Waals surface area contributed by atoms with Gasteiger partial charge in [-0.25, -0.2) is 0 Å². The topological polar surface area (TPSA) is 43.4 Å². The number of benzene rings is 2. The Morgan fingerprint density at radius 3 is 2.09 bits per heavy atom. The molecular weight excluding hydrogens is 288 g/mol. The molecule has 0 fully saturated rings. The summed E-state index contributed by atoms with van der Waals surface area (Å²) >= 11 is 0. The molecule has 0 aliphatic heterocycles. The molecule has 0 heterocycles. The van der Waals surface area contributed by atoms with Gasteiger partial charge in [0.15, 0.2) is 5.78 Å². The molecule has 3 rings (SSSR count). The normalized spacial score (nSPS) is 15.0. The van der Waals surface area contributed by atoms with Crippen LogP contribution in [0.25, 0.3) is 0 Å². The van der Waals surface area contributed by atoms with Gasteiger partial charge in [-0.15, -0.1) is 0 Å². The van der Waals surface area contributed by atoms with Crippen LogP contribution in [-0.4, -0.2) is 18.4 Å². The summed E-state index contributed by atoms with van der Waals surface area (Å²) in [5.41, 5.74) is 2.63. The molecule has 23 heavy (non-hydrogen) atoms. The molecular formula is C20H20O3. The minimum absolute atomic E-state index is 0.146. The molecule has 3 heteroatoms. The lowest BCUT2D eigenvalue weighted by atomic mass is 9.77. The summed E-state index contributed by atoms with van der Waals surface area (Å²) in [6.07, 6.45) is 0.823. The second kappa shape index (κ2) is 5.99. The molecule has 0 spiro atoms. The Bertz CT molecular complexity index is 719. The van der Waals surface area contributed by atoms with Crippen molar-refractivity contribution in [3.05, 3.63) is 70.8 Å². The third kappa shape index (κ3) is 2.67. The Morgan fingerprint density at radius 1 is 1.00 bits per heavy atom. The highest BCUT2D eigenvalue weighted by atomic mass is 16.5. The van der Waals surface area contributed by atoms with Crippen molar-refractivity contribution in [1.82, 2.24) is 0 Å². The summed E-state index contributed by atoms with van der Waals surface area (Å²) in [4.78, 5) is 25.8. The first-order valence-electron chi connectivity index (χ1n) is 7.92. The van der Waals surface area contributed by atoms with Crippen LogP contribution in [0.1, 0.15) is 34.0 Å². The number of rotatable bonds is 4. The highest BCUT2D eigenvalue weighted by Gasteiger charge is 2.51. The van der Waals surface area contributed by atoms with Crippen molar-refractivity contribution in [2.45, 2.75) is 26.7 Å². The van der Waals surface area contributed by atoms with Crippen molar-refractivity contribution in [1.29, 1.82) is 0 Å². The monoisotopic (exact) mass is 308 g/mol. The Hall–Kier alpha value is -2.42. The standard InChI is InChI=1S/C20H20O3/c1-3-23-19(22)20(12-16-6-4-5-7-17(16)13-20)18(21)15-10-8-14(2)9-11-15/h4-11H,3,12-13H2,1-2H3. The van der Waals surface area contributed by atoms with E-state index in [9.17, 15) is 9.59 Å². The SMILES string of the molecule is CCOC(=O)C1(C(=O)c2ccc(C)cc2)Cc2ccccc2C1. The molecule has 0 atom stereocenters.